The van der Waals surface area contributed by atoms with Crippen LogP contribution in [0.2, 0.25) is 0 Å². The van der Waals surface area contributed by atoms with E-state index in [1.54, 1.807) is 7.11 Å². The van der Waals surface area contributed by atoms with Crippen molar-refractivity contribution in [1.82, 2.24) is 0 Å². The molecule has 0 saturated carbocycles. The first-order chi connectivity index (χ1) is 16.5. The first-order valence-corrected chi connectivity index (χ1v) is 11.8. The average molecular weight is 471 g/mol. The third-order valence-corrected chi connectivity index (χ3v) is 5.82. The van der Waals surface area contributed by atoms with Gasteiger partial charge in [0.1, 0.15) is 30.0 Å². The van der Waals surface area contributed by atoms with E-state index in [1.807, 2.05) is 63.2 Å². The van der Waals surface area contributed by atoms with Crippen LogP contribution in [-0.2, 0) is 18.9 Å². The van der Waals surface area contributed by atoms with Gasteiger partial charge in [-0.1, -0.05) is 24.3 Å². The number of ether oxygens (including phenoxy) is 6. The molecule has 34 heavy (non-hydrogen) atoms. The molecule has 0 aliphatic carbocycles. The van der Waals surface area contributed by atoms with E-state index in [0.717, 1.165) is 28.5 Å². The van der Waals surface area contributed by atoms with E-state index in [9.17, 15) is 5.11 Å². The molecule has 1 aliphatic heterocycles. The fourth-order valence-electron chi connectivity index (χ4n) is 3.76. The lowest BCUT2D eigenvalue weighted by Crippen LogP contribution is -2.27. The van der Waals surface area contributed by atoms with Crippen molar-refractivity contribution in [3.8, 4) is 17.2 Å². The summed E-state index contributed by atoms with van der Waals surface area (Å²) in [5, 5.41) is 14.0. The molecule has 0 radical (unpaired) electrons. The van der Waals surface area contributed by atoms with Crippen LogP contribution in [-0.4, -0.2) is 69.7 Å². The van der Waals surface area contributed by atoms with Crippen molar-refractivity contribution in [1.29, 1.82) is 0 Å². The standard InChI is InChI=1S/C27H34O7/c1-17(30-13-18(2)32-15-21-16-33-21)12-31-19(3)14-34-27-23-8-6-5-7-22(23)26(28)25-11-20(29-4)9-10-24(25)27/h5-11,17-19,21,28H,12-16H2,1-4H3. The molecule has 3 aromatic carbocycles. The molecule has 7 heteroatoms. The molecule has 1 N–H and O–H groups in total. The summed E-state index contributed by atoms with van der Waals surface area (Å²) in [6, 6.07) is 13.3. The minimum Gasteiger partial charge on any atom is -0.507 e. The van der Waals surface area contributed by atoms with Gasteiger partial charge >= 0.3 is 0 Å². The van der Waals surface area contributed by atoms with Gasteiger partial charge < -0.3 is 33.5 Å². The maximum Gasteiger partial charge on any atom is 0.135 e. The van der Waals surface area contributed by atoms with Crippen LogP contribution in [0.1, 0.15) is 20.8 Å². The zero-order valence-electron chi connectivity index (χ0n) is 20.3. The molecule has 0 aromatic heterocycles. The lowest BCUT2D eigenvalue weighted by atomic mass is 10.0. The van der Waals surface area contributed by atoms with Gasteiger partial charge in [-0.25, -0.2) is 0 Å². The van der Waals surface area contributed by atoms with Crippen LogP contribution < -0.4 is 9.47 Å². The number of aromatic hydroxyl groups is 1. The average Bonchev–Trinajstić information content (AvgIpc) is 3.69. The molecule has 0 spiro atoms. The van der Waals surface area contributed by atoms with E-state index in [1.165, 1.54) is 0 Å². The third kappa shape index (κ3) is 6.10. The lowest BCUT2D eigenvalue weighted by molar-refractivity contribution is -0.0740. The van der Waals surface area contributed by atoms with Gasteiger partial charge in [0.25, 0.3) is 0 Å². The van der Waals surface area contributed by atoms with Gasteiger partial charge in [-0.15, -0.1) is 0 Å². The highest BCUT2D eigenvalue weighted by atomic mass is 16.6. The molecule has 7 nitrogen and oxygen atoms in total. The van der Waals surface area contributed by atoms with Crippen molar-refractivity contribution >= 4 is 21.5 Å². The summed E-state index contributed by atoms with van der Waals surface area (Å²) in [4.78, 5) is 0. The molecule has 184 valence electrons. The van der Waals surface area contributed by atoms with Crippen LogP contribution >= 0.6 is 0 Å². The first-order valence-electron chi connectivity index (χ1n) is 11.8. The lowest BCUT2D eigenvalue weighted by Gasteiger charge is -2.21. The van der Waals surface area contributed by atoms with Crippen molar-refractivity contribution in [3.05, 3.63) is 42.5 Å². The summed E-state index contributed by atoms with van der Waals surface area (Å²) < 4.78 is 34.3. The fourth-order valence-corrected chi connectivity index (χ4v) is 3.76. The number of benzene rings is 3. The van der Waals surface area contributed by atoms with Crippen LogP contribution in [0.5, 0.6) is 17.2 Å². The summed E-state index contributed by atoms with van der Waals surface area (Å²) in [7, 11) is 1.61. The highest BCUT2D eigenvalue weighted by Crippen LogP contribution is 2.43. The molecule has 1 fully saturated rings. The van der Waals surface area contributed by atoms with Crippen molar-refractivity contribution < 1.29 is 33.5 Å². The van der Waals surface area contributed by atoms with Crippen LogP contribution in [0.15, 0.2) is 42.5 Å². The molecule has 1 saturated heterocycles. The Balaban J connectivity index is 1.35. The molecule has 4 atom stereocenters. The number of phenolic OH excluding ortho intramolecular Hbond substituents is 1. The second-order valence-electron chi connectivity index (χ2n) is 8.83. The van der Waals surface area contributed by atoms with Crippen LogP contribution in [0.3, 0.4) is 0 Å². The summed E-state index contributed by atoms with van der Waals surface area (Å²) in [5.74, 6) is 1.61. The van der Waals surface area contributed by atoms with Gasteiger partial charge in [-0.05, 0) is 39.0 Å². The van der Waals surface area contributed by atoms with Gasteiger partial charge in [0, 0.05) is 21.5 Å². The topological polar surface area (TPSA) is 78.9 Å². The highest BCUT2D eigenvalue weighted by Gasteiger charge is 2.23. The monoisotopic (exact) mass is 470 g/mol. The van der Waals surface area contributed by atoms with Crippen LogP contribution in [0.25, 0.3) is 21.5 Å². The summed E-state index contributed by atoms with van der Waals surface area (Å²) in [6.07, 6.45) is 0.0667. The molecule has 1 heterocycles. The van der Waals surface area contributed by atoms with Crippen molar-refractivity contribution in [2.45, 2.75) is 45.2 Å². The number of phenols is 1. The normalized spacial score (nSPS) is 18.1. The summed E-state index contributed by atoms with van der Waals surface area (Å²) in [6.45, 7) is 8.70. The molecule has 4 unspecified atom stereocenters. The molecular weight excluding hydrogens is 436 g/mol. The maximum absolute atomic E-state index is 10.9. The first kappa shape index (κ1) is 24.5. The van der Waals surface area contributed by atoms with Gasteiger partial charge in [-0.2, -0.15) is 0 Å². The van der Waals surface area contributed by atoms with Crippen LogP contribution in [0.4, 0.5) is 0 Å². The minimum atomic E-state index is -0.146. The Morgan fingerprint density at radius 3 is 2.15 bits per heavy atom. The predicted octanol–water partition coefficient (Wildman–Crippen LogP) is 4.70. The number of methoxy groups -OCH3 is 1. The molecular formula is C27H34O7. The third-order valence-electron chi connectivity index (χ3n) is 5.82. The summed E-state index contributed by atoms with van der Waals surface area (Å²) >= 11 is 0. The van der Waals surface area contributed by atoms with Gasteiger partial charge in [0.05, 0.1) is 51.8 Å². The Bertz CT molecular complexity index is 1100. The zero-order chi connectivity index (χ0) is 24.1. The molecule has 4 rings (SSSR count). The largest absolute Gasteiger partial charge is 0.507 e. The van der Waals surface area contributed by atoms with E-state index >= 15 is 0 Å². The molecule has 3 aromatic rings. The Labute approximate surface area is 200 Å². The number of rotatable bonds is 13. The number of hydrogen-bond donors (Lipinski definition) is 1. The Hall–Kier alpha value is -2.58. The minimum absolute atomic E-state index is 0.0158. The van der Waals surface area contributed by atoms with E-state index < -0.39 is 0 Å². The number of hydrogen-bond acceptors (Lipinski definition) is 7. The molecule has 0 amide bonds. The highest BCUT2D eigenvalue weighted by molar-refractivity contribution is 6.11. The van der Waals surface area contributed by atoms with E-state index in [4.69, 9.17) is 28.4 Å². The quantitative estimate of drug-likeness (QED) is 0.287. The predicted molar refractivity (Wildman–Crippen MR) is 131 cm³/mol. The number of epoxide rings is 1. The maximum atomic E-state index is 10.9. The van der Waals surface area contributed by atoms with Crippen molar-refractivity contribution in [2.24, 2.45) is 0 Å². The Morgan fingerprint density at radius 2 is 1.47 bits per heavy atom. The molecule has 0 bridgehead atoms. The second-order valence-corrected chi connectivity index (χ2v) is 8.83. The Kier molecular flexibility index (Phi) is 8.11. The SMILES string of the molecule is COc1ccc2c(OCC(C)OCC(C)OCC(C)OCC3CO3)c3ccccc3c(O)c2c1. The number of fused-ring (bicyclic) bond motifs is 2. The van der Waals surface area contributed by atoms with Gasteiger partial charge in [0.2, 0.25) is 0 Å². The second kappa shape index (κ2) is 11.2. The van der Waals surface area contributed by atoms with E-state index in [0.29, 0.717) is 37.6 Å². The van der Waals surface area contributed by atoms with Crippen molar-refractivity contribution in [2.75, 3.05) is 40.1 Å². The van der Waals surface area contributed by atoms with Crippen LogP contribution in [0, 0.1) is 0 Å². The molecule has 1 aliphatic rings. The van der Waals surface area contributed by atoms with Gasteiger partial charge in [-0.3, -0.25) is 0 Å². The fraction of sp³-hybridized carbons (Fsp3) is 0.481. The van der Waals surface area contributed by atoms with E-state index in [-0.39, 0.29) is 30.2 Å². The Morgan fingerprint density at radius 1 is 0.853 bits per heavy atom. The smallest absolute Gasteiger partial charge is 0.135 e. The summed E-state index contributed by atoms with van der Waals surface area (Å²) in [5.41, 5.74) is 0. The van der Waals surface area contributed by atoms with Gasteiger partial charge in [0.15, 0.2) is 0 Å². The van der Waals surface area contributed by atoms with E-state index in [2.05, 4.69) is 0 Å². The van der Waals surface area contributed by atoms with Crippen molar-refractivity contribution in [3.63, 3.8) is 0 Å². The zero-order valence-corrected chi connectivity index (χ0v) is 20.3.